The number of nitrogens with one attached hydrogen (secondary N) is 1. The largest absolute Gasteiger partial charge is 0.393 e. The molecule has 38 heavy (non-hydrogen) atoms. The van der Waals surface area contributed by atoms with Gasteiger partial charge in [0, 0.05) is 45.2 Å². The molecule has 10 nitrogen and oxygen atoms in total. The minimum atomic E-state index is -4.10. The first-order valence-corrected chi connectivity index (χ1v) is 14.4. The van der Waals surface area contributed by atoms with E-state index < -0.39 is 22.3 Å². The van der Waals surface area contributed by atoms with E-state index in [4.69, 9.17) is 16.7 Å². The van der Waals surface area contributed by atoms with E-state index in [1.807, 2.05) is 37.3 Å². The Morgan fingerprint density at radius 1 is 1.26 bits per heavy atom. The van der Waals surface area contributed by atoms with E-state index in [-0.39, 0.29) is 24.0 Å². The number of thiophene rings is 1. The lowest BCUT2D eigenvalue weighted by molar-refractivity contribution is 0.101. The van der Waals surface area contributed by atoms with Crippen LogP contribution in [0.1, 0.15) is 33.0 Å². The summed E-state index contributed by atoms with van der Waals surface area (Å²) < 4.78 is 26.9. The third kappa shape index (κ3) is 5.70. The minimum absolute atomic E-state index is 0.224. The first kappa shape index (κ1) is 26.6. The molecule has 0 bridgehead atoms. The van der Waals surface area contributed by atoms with E-state index in [0.717, 1.165) is 26.9 Å². The maximum absolute atomic E-state index is 13.6. The molecule has 5 rings (SSSR count). The van der Waals surface area contributed by atoms with Crippen LogP contribution in [0.25, 0.3) is 22.0 Å². The van der Waals surface area contributed by atoms with Crippen molar-refractivity contribution in [2.45, 2.75) is 31.9 Å². The number of carbonyl (C=O) groups excluding carboxylic acids is 1. The SMILES string of the molecule is Cc1sc(C(=O)c2cncnc2N[C@@H]2C[C@H](COS(N)(=O)=O)[C@@H](O)C2)cc1-c1nccc2ccc(Cl)cc12. The van der Waals surface area contributed by atoms with Crippen LogP contribution in [0.3, 0.4) is 0 Å². The Balaban J connectivity index is 1.39. The van der Waals surface area contributed by atoms with Gasteiger partial charge in [-0.2, -0.15) is 8.42 Å². The van der Waals surface area contributed by atoms with Crippen LogP contribution >= 0.6 is 22.9 Å². The van der Waals surface area contributed by atoms with Gasteiger partial charge in [0.25, 0.3) is 0 Å². The normalized spacial score (nSPS) is 19.6. The molecule has 0 aliphatic heterocycles. The van der Waals surface area contributed by atoms with Gasteiger partial charge in [0.2, 0.25) is 5.78 Å². The molecular formula is C25H24ClN5O5S2. The Labute approximate surface area is 228 Å². The van der Waals surface area contributed by atoms with E-state index >= 15 is 0 Å². The van der Waals surface area contributed by atoms with Crippen molar-refractivity contribution in [1.29, 1.82) is 0 Å². The molecule has 3 heterocycles. The van der Waals surface area contributed by atoms with Gasteiger partial charge in [-0.05, 0) is 49.4 Å². The summed E-state index contributed by atoms with van der Waals surface area (Å²) in [5, 5.41) is 21.0. The Kier molecular flexibility index (Phi) is 7.45. The second-order valence-corrected chi connectivity index (χ2v) is 12.1. The molecule has 0 amide bonds. The molecule has 1 fully saturated rings. The monoisotopic (exact) mass is 573 g/mol. The summed E-state index contributed by atoms with van der Waals surface area (Å²) in [6.45, 7) is 1.71. The molecule has 0 unspecified atom stereocenters. The molecule has 1 aliphatic carbocycles. The van der Waals surface area contributed by atoms with E-state index in [1.165, 1.54) is 23.9 Å². The molecule has 3 aromatic heterocycles. The van der Waals surface area contributed by atoms with Crippen LogP contribution in [0.15, 0.2) is 49.1 Å². The fraction of sp³-hybridized carbons (Fsp3) is 0.280. The molecule has 198 valence electrons. The molecule has 1 aliphatic rings. The molecule has 3 atom stereocenters. The average Bonchev–Trinajstić information content (AvgIpc) is 3.43. The average molecular weight is 574 g/mol. The van der Waals surface area contributed by atoms with Crippen molar-refractivity contribution in [3.8, 4) is 11.3 Å². The number of benzene rings is 1. The number of aliphatic hydroxyl groups is 1. The van der Waals surface area contributed by atoms with E-state index in [9.17, 15) is 18.3 Å². The van der Waals surface area contributed by atoms with Crippen LogP contribution in [-0.2, 0) is 14.5 Å². The van der Waals surface area contributed by atoms with Crippen LogP contribution in [0, 0.1) is 12.8 Å². The highest BCUT2D eigenvalue weighted by atomic mass is 35.5. The van der Waals surface area contributed by atoms with Crippen LogP contribution < -0.4 is 10.5 Å². The number of carbonyl (C=O) groups is 1. The molecule has 0 radical (unpaired) electrons. The number of aromatic nitrogens is 3. The summed E-state index contributed by atoms with van der Waals surface area (Å²) in [4.78, 5) is 27.9. The number of hydrogen-bond donors (Lipinski definition) is 3. The highest BCUT2D eigenvalue weighted by Gasteiger charge is 2.35. The summed E-state index contributed by atoms with van der Waals surface area (Å²) in [5.41, 5.74) is 1.87. The van der Waals surface area contributed by atoms with Crippen molar-refractivity contribution < 1.29 is 22.5 Å². The quantitative estimate of drug-likeness (QED) is 0.267. The number of rotatable bonds is 8. The predicted molar refractivity (Wildman–Crippen MR) is 145 cm³/mol. The highest BCUT2D eigenvalue weighted by molar-refractivity contribution is 7.84. The third-order valence-electron chi connectivity index (χ3n) is 6.53. The van der Waals surface area contributed by atoms with Crippen LogP contribution in [0.2, 0.25) is 5.02 Å². The minimum Gasteiger partial charge on any atom is -0.393 e. The lowest BCUT2D eigenvalue weighted by atomic mass is 10.0. The van der Waals surface area contributed by atoms with E-state index in [0.29, 0.717) is 28.6 Å². The van der Waals surface area contributed by atoms with Crippen molar-refractivity contribution in [1.82, 2.24) is 15.0 Å². The summed E-state index contributed by atoms with van der Waals surface area (Å²) in [6.07, 6.45) is 4.46. The second kappa shape index (κ2) is 10.6. The number of nitrogens with zero attached hydrogens (tertiary/aromatic N) is 3. The van der Waals surface area contributed by atoms with Crippen molar-refractivity contribution >= 4 is 55.6 Å². The van der Waals surface area contributed by atoms with Gasteiger partial charge in [0.1, 0.15) is 12.1 Å². The van der Waals surface area contributed by atoms with E-state index in [2.05, 4.69) is 24.5 Å². The molecule has 0 saturated heterocycles. The molecule has 13 heteroatoms. The number of pyridine rings is 1. The van der Waals surface area contributed by atoms with Gasteiger partial charge in [-0.1, -0.05) is 17.7 Å². The van der Waals surface area contributed by atoms with Gasteiger partial charge in [-0.25, -0.2) is 15.1 Å². The fourth-order valence-corrected chi connectivity index (χ4v) is 6.21. The van der Waals surface area contributed by atoms with Crippen LogP contribution in [0.4, 0.5) is 5.82 Å². The molecule has 1 aromatic carbocycles. The molecular weight excluding hydrogens is 550 g/mol. The summed E-state index contributed by atoms with van der Waals surface area (Å²) in [6, 6.07) is 9.09. The number of aryl methyl sites for hydroxylation is 1. The number of anilines is 1. The Morgan fingerprint density at radius 2 is 2.08 bits per heavy atom. The molecule has 4 N–H and O–H groups in total. The molecule has 0 spiro atoms. The smallest absolute Gasteiger partial charge is 0.333 e. The maximum atomic E-state index is 13.6. The zero-order valence-electron chi connectivity index (χ0n) is 20.2. The van der Waals surface area contributed by atoms with Crippen LogP contribution in [-0.4, -0.2) is 53.0 Å². The fourth-order valence-electron chi connectivity index (χ4n) is 4.70. The van der Waals surface area contributed by atoms with Gasteiger partial charge in [-0.15, -0.1) is 11.3 Å². The summed E-state index contributed by atoms with van der Waals surface area (Å²) >= 11 is 7.60. The molecule has 4 aromatic rings. The first-order valence-electron chi connectivity index (χ1n) is 11.7. The zero-order chi connectivity index (χ0) is 27.0. The van der Waals surface area contributed by atoms with Gasteiger partial charge in [0.15, 0.2) is 0 Å². The Bertz CT molecular complexity index is 1630. The number of ketones is 1. The third-order valence-corrected chi connectivity index (χ3v) is 8.28. The number of halogens is 1. The predicted octanol–water partition coefficient (Wildman–Crippen LogP) is 3.72. The van der Waals surface area contributed by atoms with Crippen molar-refractivity contribution in [3.05, 3.63) is 69.4 Å². The lowest BCUT2D eigenvalue weighted by Crippen LogP contribution is -2.24. The van der Waals surface area contributed by atoms with E-state index in [1.54, 1.807) is 6.20 Å². The standard InChI is InChI=1S/C25H24ClN5O5S2/c1-13-18(23-19-7-16(26)3-2-14(19)4-5-29-23)9-22(37-13)24(33)20-10-28-12-30-25(20)31-17-6-15(21(32)8-17)11-36-38(27,34)35/h2-5,7,9-10,12,15,17,21,32H,6,8,11H2,1H3,(H2,27,34,35)(H,28,30,31)/t15-,17-,21+/m1/s1. The van der Waals surface area contributed by atoms with Gasteiger partial charge >= 0.3 is 10.3 Å². The highest BCUT2D eigenvalue weighted by Crippen LogP contribution is 2.36. The molecule has 1 saturated carbocycles. The summed E-state index contributed by atoms with van der Waals surface area (Å²) in [5.74, 6) is -0.354. The lowest BCUT2D eigenvalue weighted by Gasteiger charge is -2.15. The van der Waals surface area contributed by atoms with Crippen molar-refractivity contribution in [2.24, 2.45) is 11.1 Å². The Morgan fingerprint density at radius 3 is 2.87 bits per heavy atom. The van der Waals surface area contributed by atoms with Gasteiger partial charge in [0.05, 0.1) is 28.8 Å². The first-order chi connectivity index (χ1) is 18.1. The number of hydrogen-bond acceptors (Lipinski definition) is 10. The van der Waals surface area contributed by atoms with Crippen molar-refractivity contribution in [3.63, 3.8) is 0 Å². The van der Waals surface area contributed by atoms with Crippen molar-refractivity contribution in [2.75, 3.05) is 11.9 Å². The van der Waals surface area contributed by atoms with Crippen LogP contribution in [0.5, 0.6) is 0 Å². The topological polar surface area (TPSA) is 157 Å². The number of aliphatic hydroxyl groups excluding tert-OH is 1. The maximum Gasteiger partial charge on any atom is 0.333 e. The number of fused-ring (bicyclic) bond motifs is 1. The Hall–Kier alpha value is -3.00. The second-order valence-electron chi connectivity index (χ2n) is 9.14. The zero-order valence-corrected chi connectivity index (χ0v) is 22.6. The number of nitrogens with two attached hydrogens (primary N) is 1. The van der Waals surface area contributed by atoms with Gasteiger partial charge < -0.3 is 10.4 Å². The van der Waals surface area contributed by atoms with Gasteiger partial charge in [-0.3, -0.25) is 14.0 Å². The summed E-state index contributed by atoms with van der Waals surface area (Å²) in [7, 11) is -4.10.